The Morgan fingerprint density at radius 3 is 2.64 bits per heavy atom. The second-order valence-electron chi connectivity index (χ2n) is 5.09. The molecule has 0 saturated carbocycles. The van der Waals surface area contributed by atoms with Gasteiger partial charge in [-0.25, -0.2) is 0 Å². The van der Waals surface area contributed by atoms with Gasteiger partial charge in [-0.05, 0) is 35.1 Å². The summed E-state index contributed by atoms with van der Waals surface area (Å²) in [6, 6.07) is 9.57. The van der Waals surface area contributed by atoms with Crippen LogP contribution >= 0.6 is 11.3 Å². The summed E-state index contributed by atoms with van der Waals surface area (Å²) in [7, 11) is 0. The van der Waals surface area contributed by atoms with Crippen LogP contribution in [0.1, 0.15) is 30.9 Å². The summed E-state index contributed by atoms with van der Waals surface area (Å²) in [6.45, 7) is 4.06. The molecule has 6 heteroatoms. The minimum atomic E-state index is -0.279. The Morgan fingerprint density at radius 2 is 2.05 bits per heavy atom. The molecule has 3 N–H and O–H groups in total. The normalized spacial score (nSPS) is 11.5. The number of hydrogen-bond donors (Lipinski definition) is 2. The predicted octanol–water partition coefficient (Wildman–Crippen LogP) is 3.15. The number of benzene rings is 1. The smallest absolute Gasteiger partial charge is 0.265 e. The van der Waals surface area contributed by atoms with Crippen LogP contribution in [-0.2, 0) is 9.63 Å². The first kappa shape index (κ1) is 16.0. The molecule has 0 aliphatic rings. The van der Waals surface area contributed by atoms with E-state index in [1.165, 1.54) is 16.9 Å². The van der Waals surface area contributed by atoms with Gasteiger partial charge in [-0.1, -0.05) is 31.1 Å². The lowest BCUT2D eigenvalue weighted by molar-refractivity contribution is -0.120. The predicted molar refractivity (Wildman–Crippen MR) is 90.2 cm³/mol. The third kappa shape index (κ3) is 4.60. The lowest BCUT2D eigenvalue weighted by atomic mass is 10.0. The Kier molecular flexibility index (Phi) is 5.55. The van der Waals surface area contributed by atoms with Gasteiger partial charge in [0.2, 0.25) is 0 Å². The van der Waals surface area contributed by atoms with Crippen molar-refractivity contribution >= 4 is 28.8 Å². The quantitative estimate of drug-likeness (QED) is 0.488. The number of nitrogens with one attached hydrogen (secondary N) is 1. The zero-order valence-electron chi connectivity index (χ0n) is 12.6. The molecule has 0 aliphatic heterocycles. The minimum Gasteiger partial charge on any atom is -0.384 e. The zero-order chi connectivity index (χ0) is 15.9. The summed E-state index contributed by atoms with van der Waals surface area (Å²) in [5.41, 5.74) is 8.46. The standard InChI is InChI=1S/C16H19N3O2S/c1-11(2)12-3-5-14(6-4-12)18-15(20)9-21-19-16(17)13-7-8-22-10-13/h3-8,10-11H,9H2,1-2H3,(H2,17,19)(H,18,20). The number of carbonyl (C=O) groups is 1. The Hall–Kier alpha value is -2.34. The number of amidine groups is 1. The number of rotatable bonds is 6. The van der Waals surface area contributed by atoms with E-state index in [-0.39, 0.29) is 18.3 Å². The van der Waals surface area contributed by atoms with Crippen LogP contribution in [0, 0.1) is 0 Å². The third-order valence-electron chi connectivity index (χ3n) is 3.04. The van der Waals surface area contributed by atoms with Crippen LogP contribution < -0.4 is 11.1 Å². The molecule has 1 aromatic carbocycles. The van der Waals surface area contributed by atoms with Crippen LogP contribution in [0.15, 0.2) is 46.2 Å². The third-order valence-corrected chi connectivity index (χ3v) is 3.72. The van der Waals surface area contributed by atoms with Crippen molar-refractivity contribution in [3.05, 3.63) is 52.2 Å². The first-order chi connectivity index (χ1) is 10.6. The molecule has 0 saturated heterocycles. The molecule has 5 nitrogen and oxygen atoms in total. The van der Waals surface area contributed by atoms with Crippen LogP contribution in [0.4, 0.5) is 5.69 Å². The Balaban J connectivity index is 1.82. The van der Waals surface area contributed by atoms with E-state index in [1.54, 1.807) is 0 Å². The molecule has 1 aromatic heterocycles. The summed E-state index contributed by atoms with van der Waals surface area (Å²) < 4.78 is 0. The molecule has 22 heavy (non-hydrogen) atoms. The SMILES string of the molecule is CC(C)c1ccc(NC(=O)CO/N=C(\N)c2ccsc2)cc1. The van der Waals surface area contributed by atoms with Gasteiger partial charge >= 0.3 is 0 Å². The Morgan fingerprint density at radius 1 is 1.32 bits per heavy atom. The number of oxime groups is 1. The molecule has 2 rings (SSSR count). The molecule has 0 unspecified atom stereocenters. The first-order valence-electron chi connectivity index (χ1n) is 6.94. The van der Waals surface area contributed by atoms with Crippen molar-refractivity contribution in [1.82, 2.24) is 0 Å². The fourth-order valence-corrected chi connectivity index (χ4v) is 2.42. The molecular formula is C16H19N3O2S. The molecule has 1 amide bonds. The molecule has 0 aliphatic carbocycles. The lowest BCUT2D eigenvalue weighted by Crippen LogP contribution is -2.19. The van der Waals surface area contributed by atoms with E-state index in [1.807, 2.05) is 41.1 Å². The molecule has 0 radical (unpaired) electrons. The molecule has 0 atom stereocenters. The topological polar surface area (TPSA) is 76.7 Å². The highest BCUT2D eigenvalue weighted by Gasteiger charge is 2.05. The van der Waals surface area contributed by atoms with Gasteiger partial charge in [0.25, 0.3) is 5.91 Å². The molecule has 116 valence electrons. The molecule has 0 bridgehead atoms. The van der Waals surface area contributed by atoms with Gasteiger partial charge in [-0.2, -0.15) is 11.3 Å². The van der Waals surface area contributed by atoms with Gasteiger partial charge in [0.05, 0.1) is 0 Å². The second kappa shape index (κ2) is 7.61. The van der Waals surface area contributed by atoms with Crippen molar-refractivity contribution in [2.75, 3.05) is 11.9 Å². The van der Waals surface area contributed by atoms with Crippen molar-refractivity contribution in [1.29, 1.82) is 0 Å². The van der Waals surface area contributed by atoms with Crippen LogP contribution in [0.3, 0.4) is 0 Å². The fourth-order valence-electron chi connectivity index (χ4n) is 1.77. The van der Waals surface area contributed by atoms with E-state index in [4.69, 9.17) is 10.6 Å². The molecule has 0 spiro atoms. The highest BCUT2D eigenvalue weighted by atomic mass is 32.1. The van der Waals surface area contributed by atoms with E-state index >= 15 is 0 Å². The van der Waals surface area contributed by atoms with Crippen LogP contribution in [-0.4, -0.2) is 18.3 Å². The highest BCUT2D eigenvalue weighted by Crippen LogP contribution is 2.17. The maximum Gasteiger partial charge on any atom is 0.265 e. The monoisotopic (exact) mass is 317 g/mol. The fraction of sp³-hybridized carbons (Fsp3) is 0.250. The van der Waals surface area contributed by atoms with Crippen molar-refractivity contribution in [2.24, 2.45) is 10.9 Å². The maximum atomic E-state index is 11.8. The number of anilines is 1. The van der Waals surface area contributed by atoms with E-state index in [0.29, 0.717) is 5.92 Å². The molecule has 0 fully saturated rings. The van der Waals surface area contributed by atoms with Gasteiger partial charge in [0.1, 0.15) is 0 Å². The van der Waals surface area contributed by atoms with E-state index < -0.39 is 0 Å². The van der Waals surface area contributed by atoms with Crippen molar-refractivity contribution in [3.8, 4) is 0 Å². The van der Waals surface area contributed by atoms with E-state index in [9.17, 15) is 4.79 Å². The Labute approximate surface area is 133 Å². The van der Waals surface area contributed by atoms with Gasteiger partial charge in [0, 0.05) is 16.6 Å². The van der Waals surface area contributed by atoms with E-state index in [2.05, 4.69) is 24.3 Å². The minimum absolute atomic E-state index is 0.184. The summed E-state index contributed by atoms with van der Waals surface area (Å²) in [5, 5.41) is 10.2. The van der Waals surface area contributed by atoms with E-state index in [0.717, 1.165) is 11.3 Å². The largest absolute Gasteiger partial charge is 0.384 e. The first-order valence-corrected chi connectivity index (χ1v) is 7.88. The zero-order valence-corrected chi connectivity index (χ0v) is 13.4. The summed E-state index contributed by atoms with van der Waals surface area (Å²) in [6.07, 6.45) is 0. The second-order valence-corrected chi connectivity index (χ2v) is 5.87. The van der Waals surface area contributed by atoms with Gasteiger partial charge < -0.3 is 15.9 Å². The number of nitrogens with zero attached hydrogens (tertiary/aromatic N) is 1. The molecule has 1 heterocycles. The number of hydrogen-bond acceptors (Lipinski definition) is 4. The summed E-state index contributed by atoms with van der Waals surface area (Å²) in [5.74, 6) is 0.442. The van der Waals surface area contributed by atoms with Crippen LogP contribution in [0.5, 0.6) is 0 Å². The summed E-state index contributed by atoms with van der Waals surface area (Å²) in [4.78, 5) is 16.7. The summed E-state index contributed by atoms with van der Waals surface area (Å²) >= 11 is 1.52. The highest BCUT2D eigenvalue weighted by molar-refractivity contribution is 7.08. The van der Waals surface area contributed by atoms with Crippen molar-refractivity contribution in [2.45, 2.75) is 19.8 Å². The number of amides is 1. The number of thiophene rings is 1. The van der Waals surface area contributed by atoms with Gasteiger partial charge in [-0.3, -0.25) is 4.79 Å². The molecule has 2 aromatic rings. The number of carbonyl (C=O) groups excluding carboxylic acids is 1. The average molecular weight is 317 g/mol. The Bertz CT molecular complexity index is 634. The van der Waals surface area contributed by atoms with Gasteiger partial charge in [-0.15, -0.1) is 0 Å². The van der Waals surface area contributed by atoms with Gasteiger partial charge in [0.15, 0.2) is 12.4 Å². The lowest BCUT2D eigenvalue weighted by Gasteiger charge is -2.08. The van der Waals surface area contributed by atoms with Crippen molar-refractivity contribution < 1.29 is 9.63 Å². The molecular weight excluding hydrogens is 298 g/mol. The van der Waals surface area contributed by atoms with Crippen LogP contribution in [0.25, 0.3) is 0 Å². The number of nitrogens with two attached hydrogens (primary N) is 1. The maximum absolute atomic E-state index is 11.8. The average Bonchev–Trinajstić information content (AvgIpc) is 3.02. The van der Waals surface area contributed by atoms with Crippen LogP contribution in [0.2, 0.25) is 0 Å². The van der Waals surface area contributed by atoms with Crippen molar-refractivity contribution in [3.63, 3.8) is 0 Å².